The summed E-state index contributed by atoms with van der Waals surface area (Å²) in [5, 5.41) is 0. The Morgan fingerprint density at radius 3 is 2.55 bits per heavy atom. The number of aromatic nitrogens is 1. The van der Waals surface area contributed by atoms with Crippen molar-refractivity contribution in [3.63, 3.8) is 0 Å². The molecule has 1 aromatic carbocycles. The van der Waals surface area contributed by atoms with Crippen molar-refractivity contribution < 1.29 is 21.9 Å². The first-order chi connectivity index (χ1) is 10.4. The molecular formula is C14H14F2N2O3S. The van der Waals surface area contributed by atoms with E-state index in [2.05, 4.69) is 14.4 Å². The minimum absolute atomic E-state index is 0.342. The van der Waals surface area contributed by atoms with Gasteiger partial charge in [0.2, 0.25) is 10.0 Å². The standard InChI is InChI=1S/C14H14F2N2O3S/c1-10(11-5-4-8-17-9-11)18-22(19,20)13-7-3-2-6-12(13)21-14(15)16/h2-10,14,18H,1H3/t10-/m0/s1. The Labute approximate surface area is 127 Å². The minimum atomic E-state index is -4.02. The molecule has 0 saturated carbocycles. The molecule has 2 aromatic rings. The molecule has 0 spiro atoms. The monoisotopic (exact) mass is 328 g/mol. The Hall–Kier alpha value is -2.06. The summed E-state index contributed by atoms with van der Waals surface area (Å²) in [6.07, 6.45) is 3.09. The van der Waals surface area contributed by atoms with Crippen LogP contribution >= 0.6 is 0 Å². The lowest BCUT2D eigenvalue weighted by atomic mass is 10.2. The van der Waals surface area contributed by atoms with Gasteiger partial charge in [-0.25, -0.2) is 13.1 Å². The predicted molar refractivity (Wildman–Crippen MR) is 76.0 cm³/mol. The van der Waals surface area contributed by atoms with Crippen LogP contribution in [0.5, 0.6) is 5.75 Å². The Bertz CT molecular complexity index is 724. The molecule has 0 aliphatic rings. The van der Waals surface area contributed by atoms with Crippen molar-refractivity contribution in [1.82, 2.24) is 9.71 Å². The van der Waals surface area contributed by atoms with Crippen LogP contribution in [0.2, 0.25) is 0 Å². The average molecular weight is 328 g/mol. The molecule has 0 amide bonds. The second kappa shape index (κ2) is 6.80. The molecule has 2 rings (SSSR count). The molecule has 0 radical (unpaired) electrons. The number of nitrogens with one attached hydrogen (secondary N) is 1. The first-order valence-electron chi connectivity index (χ1n) is 6.36. The van der Waals surface area contributed by atoms with Gasteiger partial charge >= 0.3 is 6.61 Å². The number of ether oxygens (including phenoxy) is 1. The fourth-order valence-corrected chi connectivity index (χ4v) is 3.23. The van der Waals surface area contributed by atoms with Crippen LogP contribution in [0.4, 0.5) is 8.78 Å². The summed E-state index contributed by atoms with van der Waals surface area (Å²) in [5.41, 5.74) is 0.651. The largest absolute Gasteiger partial charge is 0.433 e. The molecule has 1 atom stereocenters. The van der Waals surface area contributed by atoms with Crippen LogP contribution in [-0.4, -0.2) is 20.0 Å². The smallest absolute Gasteiger partial charge is 0.387 e. The third-order valence-corrected chi connectivity index (χ3v) is 4.45. The maximum atomic E-state index is 12.4. The van der Waals surface area contributed by atoms with Crippen LogP contribution in [0, 0.1) is 0 Å². The highest BCUT2D eigenvalue weighted by Gasteiger charge is 2.23. The fraction of sp³-hybridized carbons (Fsp3) is 0.214. The maximum Gasteiger partial charge on any atom is 0.387 e. The number of alkyl halides is 2. The van der Waals surface area contributed by atoms with Gasteiger partial charge in [-0.1, -0.05) is 18.2 Å². The Morgan fingerprint density at radius 2 is 1.91 bits per heavy atom. The summed E-state index contributed by atoms with van der Waals surface area (Å²) < 4.78 is 56.1. The van der Waals surface area contributed by atoms with Crippen LogP contribution in [-0.2, 0) is 10.0 Å². The maximum absolute atomic E-state index is 12.4. The van der Waals surface area contributed by atoms with Gasteiger partial charge in [0.05, 0.1) is 0 Å². The Morgan fingerprint density at radius 1 is 1.18 bits per heavy atom. The van der Waals surface area contributed by atoms with E-state index in [4.69, 9.17) is 0 Å². The number of rotatable bonds is 6. The van der Waals surface area contributed by atoms with E-state index < -0.39 is 28.4 Å². The first kappa shape index (κ1) is 16.3. The van der Waals surface area contributed by atoms with Crippen molar-refractivity contribution in [2.45, 2.75) is 24.5 Å². The van der Waals surface area contributed by atoms with E-state index in [0.717, 1.165) is 0 Å². The predicted octanol–water partition coefficient (Wildman–Crippen LogP) is 2.72. The summed E-state index contributed by atoms with van der Waals surface area (Å²) in [6, 6.07) is 8.04. The summed E-state index contributed by atoms with van der Waals surface area (Å²) in [6.45, 7) is -1.47. The van der Waals surface area contributed by atoms with E-state index in [1.54, 1.807) is 25.3 Å². The molecule has 0 aliphatic heterocycles. The van der Waals surface area contributed by atoms with Gasteiger partial charge in [0.25, 0.3) is 0 Å². The van der Waals surface area contributed by atoms with E-state index in [1.807, 2.05) is 0 Å². The van der Waals surface area contributed by atoms with Crippen molar-refractivity contribution in [3.8, 4) is 5.75 Å². The summed E-state index contributed by atoms with van der Waals surface area (Å²) in [7, 11) is -4.02. The third-order valence-electron chi connectivity index (χ3n) is 2.87. The lowest BCUT2D eigenvalue weighted by Crippen LogP contribution is -2.27. The zero-order chi connectivity index (χ0) is 16.2. The van der Waals surface area contributed by atoms with Crippen molar-refractivity contribution in [2.24, 2.45) is 0 Å². The molecule has 8 heteroatoms. The van der Waals surface area contributed by atoms with Crippen LogP contribution < -0.4 is 9.46 Å². The highest BCUT2D eigenvalue weighted by atomic mass is 32.2. The summed E-state index contributed by atoms with van der Waals surface area (Å²) in [5.74, 6) is -0.400. The van der Waals surface area contributed by atoms with Crippen LogP contribution in [0.3, 0.4) is 0 Å². The number of sulfonamides is 1. The Balaban J connectivity index is 2.28. The molecule has 22 heavy (non-hydrogen) atoms. The number of nitrogens with zero attached hydrogens (tertiary/aromatic N) is 1. The molecule has 5 nitrogen and oxygen atoms in total. The lowest BCUT2D eigenvalue weighted by molar-refractivity contribution is -0.0517. The number of benzene rings is 1. The van der Waals surface area contributed by atoms with Crippen molar-refractivity contribution in [1.29, 1.82) is 0 Å². The fourth-order valence-electron chi connectivity index (χ4n) is 1.86. The molecule has 1 aromatic heterocycles. The van der Waals surface area contributed by atoms with Gasteiger partial charge in [-0.05, 0) is 30.7 Å². The van der Waals surface area contributed by atoms with E-state index in [9.17, 15) is 17.2 Å². The Kier molecular flexibility index (Phi) is 5.04. The van der Waals surface area contributed by atoms with E-state index in [-0.39, 0.29) is 4.90 Å². The second-order valence-corrected chi connectivity index (χ2v) is 6.14. The highest BCUT2D eigenvalue weighted by molar-refractivity contribution is 7.89. The molecule has 1 heterocycles. The second-order valence-electron chi connectivity index (χ2n) is 4.45. The van der Waals surface area contributed by atoms with Crippen LogP contribution in [0.1, 0.15) is 18.5 Å². The molecular weight excluding hydrogens is 314 g/mol. The molecule has 0 bridgehead atoms. The molecule has 0 unspecified atom stereocenters. The number of hydrogen-bond donors (Lipinski definition) is 1. The van der Waals surface area contributed by atoms with Crippen molar-refractivity contribution in [2.75, 3.05) is 0 Å². The average Bonchev–Trinajstić information content (AvgIpc) is 2.47. The topological polar surface area (TPSA) is 68.3 Å². The molecule has 0 aliphatic carbocycles. The van der Waals surface area contributed by atoms with Gasteiger partial charge in [0.1, 0.15) is 10.6 Å². The SMILES string of the molecule is C[C@H](NS(=O)(=O)c1ccccc1OC(F)F)c1cccnc1. The molecule has 1 N–H and O–H groups in total. The lowest BCUT2D eigenvalue weighted by Gasteiger charge is -2.16. The number of pyridine rings is 1. The summed E-state index contributed by atoms with van der Waals surface area (Å²) in [4.78, 5) is 3.57. The van der Waals surface area contributed by atoms with Crippen molar-refractivity contribution >= 4 is 10.0 Å². The van der Waals surface area contributed by atoms with Gasteiger partial charge in [-0.15, -0.1) is 0 Å². The van der Waals surface area contributed by atoms with E-state index >= 15 is 0 Å². The number of hydrogen-bond acceptors (Lipinski definition) is 4. The van der Waals surface area contributed by atoms with E-state index in [1.165, 1.54) is 30.5 Å². The van der Waals surface area contributed by atoms with E-state index in [0.29, 0.717) is 5.56 Å². The molecule has 0 saturated heterocycles. The van der Waals surface area contributed by atoms with Gasteiger partial charge in [-0.2, -0.15) is 8.78 Å². The minimum Gasteiger partial charge on any atom is -0.433 e. The number of halogens is 2. The van der Waals surface area contributed by atoms with Gasteiger partial charge in [0.15, 0.2) is 0 Å². The van der Waals surface area contributed by atoms with Crippen LogP contribution in [0.15, 0.2) is 53.7 Å². The van der Waals surface area contributed by atoms with Gasteiger partial charge in [0, 0.05) is 18.4 Å². The molecule has 118 valence electrons. The van der Waals surface area contributed by atoms with Gasteiger partial charge < -0.3 is 4.74 Å². The summed E-state index contributed by atoms with van der Waals surface area (Å²) >= 11 is 0. The zero-order valence-electron chi connectivity index (χ0n) is 11.6. The van der Waals surface area contributed by atoms with Crippen LogP contribution in [0.25, 0.3) is 0 Å². The highest BCUT2D eigenvalue weighted by Crippen LogP contribution is 2.26. The first-order valence-corrected chi connectivity index (χ1v) is 7.84. The van der Waals surface area contributed by atoms with Crippen molar-refractivity contribution in [3.05, 3.63) is 54.4 Å². The number of para-hydroxylation sites is 1. The third kappa shape index (κ3) is 3.99. The van der Waals surface area contributed by atoms with Gasteiger partial charge in [-0.3, -0.25) is 4.98 Å². The quantitative estimate of drug-likeness (QED) is 0.885. The normalized spacial score (nSPS) is 13.1. The molecule has 0 fully saturated rings. The zero-order valence-corrected chi connectivity index (χ0v) is 12.4.